The van der Waals surface area contributed by atoms with Gasteiger partial charge in [0.1, 0.15) is 0 Å². The molecule has 0 bridgehead atoms. The van der Waals surface area contributed by atoms with Crippen LogP contribution in [0, 0.1) is 25.2 Å². The molecule has 0 atom stereocenters. The molecule has 1 aliphatic carbocycles. The molecule has 0 saturated heterocycles. The minimum absolute atomic E-state index is 0.0954. The van der Waals surface area contributed by atoms with Gasteiger partial charge in [0.15, 0.2) is 5.16 Å². The van der Waals surface area contributed by atoms with E-state index in [1.807, 2.05) is 26.0 Å². The molecule has 1 N–H and O–H groups in total. The first-order chi connectivity index (χ1) is 9.71. The number of thiol groups is 1. The second-order valence-electron chi connectivity index (χ2n) is 6.33. The number of aryl methyl sites for hydroxylation is 2. The number of benzene rings is 1. The highest BCUT2D eigenvalue weighted by Gasteiger charge is 2.60. The van der Waals surface area contributed by atoms with E-state index in [2.05, 4.69) is 24.7 Å². The fourth-order valence-corrected chi connectivity index (χ4v) is 5.83. The Morgan fingerprint density at radius 3 is 2.19 bits per heavy atom. The van der Waals surface area contributed by atoms with Crippen LogP contribution < -0.4 is 5.32 Å². The number of nitrogens with zero attached hydrogens (tertiary/aromatic N) is 1. The van der Waals surface area contributed by atoms with Gasteiger partial charge in [-0.15, -0.1) is 0 Å². The van der Waals surface area contributed by atoms with Crippen LogP contribution in [-0.4, -0.2) is 24.4 Å². The summed E-state index contributed by atoms with van der Waals surface area (Å²) in [6.45, 7) is 6.53. The van der Waals surface area contributed by atoms with E-state index in [4.69, 9.17) is 17.5 Å². The van der Waals surface area contributed by atoms with Gasteiger partial charge in [0, 0.05) is 17.9 Å². The summed E-state index contributed by atoms with van der Waals surface area (Å²) in [5, 5.41) is 11.8. The van der Waals surface area contributed by atoms with Gasteiger partial charge in [0.05, 0.1) is 31.4 Å². The Labute approximate surface area is 132 Å². The first-order valence-corrected chi connectivity index (χ1v) is 10.9. The van der Waals surface area contributed by atoms with E-state index in [1.165, 1.54) is 0 Å². The van der Waals surface area contributed by atoms with Crippen molar-refractivity contribution in [3.05, 3.63) is 28.8 Å². The molecule has 0 spiro atoms. The van der Waals surface area contributed by atoms with Crippen LogP contribution in [0.1, 0.15) is 36.0 Å². The van der Waals surface area contributed by atoms with Crippen molar-refractivity contribution in [1.29, 1.82) is 5.26 Å². The lowest BCUT2D eigenvalue weighted by Crippen LogP contribution is -2.49. The van der Waals surface area contributed by atoms with Crippen LogP contribution in [0.15, 0.2) is 12.1 Å². The normalized spacial score (nSPS) is 16.8. The fraction of sp³-hybridized carbons (Fsp3) is 0.500. The first-order valence-electron chi connectivity index (χ1n) is 7.11. The number of hydrogen-bond acceptors (Lipinski definition) is 3. The van der Waals surface area contributed by atoms with Crippen molar-refractivity contribution in [2.45, 2.75) is 38.3 Å². The minimum Gasteiger partial charge on any atom is -0.322 e. The number of nitrogens with one attached hydrogen (secondary N) is 1. The molecule has 0 radical (unpaired) electrons. The van der Waals surface area contributed by atoms with Crippen LogP contribution in [0.5, 0.6) is 0 Å². The van der Waals surface area contributed by atoms with Crippen LogP contribution in [-0.2, 0) is 4.79 Å². The lowest BCUT2D eigenvalue weighted by atomic mass is 9.83. The van der Waals surface area contributed by atoms with Crippen LogP contribution in [0.4, 0.5) is 5.69 Å². The Kier molecular flexibility index (Phi) is 4.38. The Bertz CT molecular complexity index is 601. The molecule has 1 saturated carbocycles. The van der Waals surface area contributed by atoms with Gasteiger partial charge >= 0.3 is 0 Å². The van der Waals surface area contributed by atoms with Crippen LogP contribution in [0.25, 0.3) is 0 Å². The Morgan fingerprint density at radius 2 is 1.86 bits per heavy atom. The molecule has 112 valence electrons. The number of rotatable bonds is 3. The van der Waals surface area contributed by atoms with Crippen molar-refractivity contribution in [2.24, 2.45) is 0 Å². The van der Waals surface area contributed by atoms with E-state index in [-0.39, 0.29) is 11.1 Å². The molecule has 5 heteroatoms. The smallest absolute Gasteiger partial charge is 0.269 e. The van der Waals surface area contributed by atoms with Crippen molar-refractivity contribution >= 4 is 30.3 Å². The quantitative estimate of drug-likeness (QED) is 0.649. The van der Waals surface area contributed by atoms with Gasteiger partial charge in [-0.05, 0) is 56.4 Å². The van der Waals surface area contributed by atoms with E-state index >= 15 is 0 Å². The highest BCUT2D eigenvalue weighted by molar-refractivity contribution is 8.53. The molecule has 0 unspecified atom stereocenters. The number of carbonyl (C=O) groups is 1. The third-order valence-corrected chi connectivity index (χ3v) is 8.44. The molecular weight excluding hydrogens is 299 g/mol. The molecule has 21 heavy (non-hydrogen) atoms. The monoisotopic (exact) mass is 321 g/mol. The van der Waals surface area contributed by atoms with Gasteiger partial charge in [0.25, 0.3) is 5.91 Å². The van der Waals surface area contributed by atoms with E-state index in [0.717, 1.165) is 36.1 Å². The molecule has 1 aromatic rings. The van der Waals surface area contributed by atoms with Crippen molar-refractivity contribution < 1.29 is 4.79 Å². The van der Waals surface area contributed by atoms with Gasteiger partial charge in [-0.25, -0.2) is 0 Å². The highest BCUT2D eigenvalue weighted by Crippen LogP contribution is 2.73. The predicted octanol–water partition coefficient (Wildman–Crippen LogP) is 4.16. The Morgan fingerprint density at radius 1 is 1.33 bits per heavy atom. The maximum Gasteiger partial charge on any atom is 0.269 e. The van der Waals surface area contributed by atoms with E-state index in [1.54, 1.807) is 0 Å². The zero-order chi connectivity index (χ0) is 15.8. The fourth-order valence-electron chi connectivity index (χ4n) is 2.99. The minimum atomic E-state index is -1.56. The maximum absolute atomic E-state index is 12.8. The van der Waals surface area contributed by atoms with Gasteiger partial charge in [0.2, 0.25) is 0 Å². The summed E-state index contributed by atoms with van der Waals surface area (Å²) in [5.74, 6) is 0.0954. The van der Waals surface area contributed by atoms with Crippen molar-refractivity contribution in [3.8, 4) is 6.07 Å². The molecule has 1 amide bonds. The maximum atomic E-state index is 12.8. The molecule has 3 nitrogen and oxygen atoms in total. The molecule has 0 aromatic heterocycles. The van der Waals surface area contributed by atoms with Gasteiger partial charge in [-0.2, -0.15) is 5.26 Å². The molecule has 2 rings (SSSR count). The topological polar surface area (TPSA) is 52.9 Å². The lowest BCUT2D eigenvalue weighted by molar-refractivity contribution is -0.120. The highest BCUT2D eigenvalue weighted by atomic mass is 32.7. The first kappa shape index (κ1) is 16.3. The van der Waals surface area contributed by atoms with Crippen LogP contribution in [0.3, 0.4) is 0 Å². The summed E-state index contributed by atoms with van der Waals surface area (Å²) in [4.78, 5) is 12.8. The third-order valence-electron chi connectivity index (χ3n) is 4.55. The third kappa shape index (κ3) is 2.82. The summed E-state index contributed by atoms with van der Waals surface area (Å²) in [6.07, 6.45) is 2.96. The summed E-state index contributed by atoms with van der Waals surface area (Å²) in [7, 11) is 0. The van der Waals surface area contributed by atoms with Gasteiger partial charge in [-0.1, -0.05) is 0 Å². The number of carbonyl (C=O) groups excluding carboxylic acids is 1. The van der Waals surface area contributed by atoms with E-state index < -0.39 is 6.46 Å². The van der Waals surface area contributed by atoms with Crippen molar-refractivity contribution in [1.82, 2.24) is 0 Å². The molecule has 1 fully saturated rings. The lowest BCUT2D eigenvalue weighted by Gasteiger charge is -2.43. The van der Waals surface area contributed by atoms with E-state index in [0.29, 0.717) is 5.56 Å². The molecule has 1 aliphatic rings. The number of hydrogen-bond donors (Lipinski definition) is 2. The average molecular weight is 321 g/mol. The van der Waals surface area contributed by atoms with Crippen molar-refractivity contribution in [2.75, 3.05) is 18.6 Å². The second-order valence-corrected chi connectivity index (χ2v) is 13.0. The second kappa shape index (κ2) is 5.63. The molecule has 1 aromatic carbocycles. The molecular formula is C16H22N2OPS+. The number of anilines is 1. The van der Waals surface area contributed by atoms with Gasteiger partial charge in [-0.3, -0.25) is 4.79 Å². The predicted molar refractivity (Wildman–Crippen MR) is 93.6 cm³/mol. The molecule has 0 heterocycles. The zero-order valence-electron chi connectivity index (χ0n) is 13.0. The Hall–Kier alpha value is -1.04. The van der Waals surface area contributed by atoms with Gasteiger partial charge < -0.3 is 5.32 Å². The van der Waals surface area contributed by atoms with Crippen molar-refractivity contribution in [3.63, 3.8) is 0 Å². The standard InChI is InChI=1S/C16H21N2OPS/c1-11-8-13(10-17)9-12(2)14(11)18-15(19)16(6-5-7-16)20(3,4)21/h8-9,21H,5-7H2,1-4H3/p+1. The summed E-state index contributed by atoms with van der Waals surface area (Å²) < 4.78 is 0. The average Bonchev–Trinajstić information content (AvgIpc) is 2.29. The summed E-state index contributed by atoms with van der Waals surface area (Å²) in [6, 6.07) is 5.78. The largest absolute Gasteiger partial charge is 0.322 e. The summed E-state index contributed by atoms with van der Waals surface area (Å²) >= 11 is 4.76. The zero-order valence-corrected chi connectivity index (χ0v) is 14.8. The summed E-state index contributed by atoms with van der Waals surface area (Å²) in [5.41, 5.74) is 3.34. The number of nitriles is 1. The van der Waals surface area contributed by atoms with E-state index in [9.17, 15) is 4.79 Å². The number of amides is 1. The molecule has 0 aliphatic heterocycles. The van der Waals surface area contributed by atoms with Crippen LogP contribution >= 0.6 is 18.7 Å². The van der Waals surface area contributed by atoms with Crippen LogP contribution in [0.2, 0.25) is 0 Å². The Balaban J connectivity index is 2.31. The SMILES string of the molecule is Cc1cc(C#N)cc(C)c1NC(=O)C1([P+](C)(C)S)CCC1.